The molecule has 0 aliphatic heterocycles. The minimum absolute atomic E-state index is 0.334. The number of hydrogen-bond donors (Lipinski definition) is 1. The van der Waals surface area contributed by atoms with Crippen LogP contribution in [0.2, 0.25) is 0 Å². The smallest absolute Gasteiger partial charge is 0.308 e. The van der Waals surface area contributed by atoms with Gasteiger partial charge in [0.05, 0.1) is 0 Å². The van der Waals surface area contributed by atoms with Gasteiger partial charge in [0.1, 0.15) is 0 Å². The van der Waals surface area contributed by atoms with E-state index in [0.29, 0.717) is 6.42 Å². The summed E-state index contributed by atoms with van der Waals surface area (Å²) in [5.74, 6) is -1.66. The number of rotatable bonds is 4. The monoisotopic (exact) mass is 160 g/mol. The summed E-state index contributed by atoms with van der Waals surface area (Å²) in [5.41, 5.74) is 0. The fourth-order valence-electron chi connectivity index (χ4n) is 0.651. The molecule has 0 saturated heterocycles. The molecule has 1 N–H and O–H groups in total. The van der Waals surface area contributed by atoms with E-state index >= 15 is 0 Å². The second-order valence-corrected chi connectivity index (χ2v) is 3.02. The lowest BCUT2D eigenvalue weighted by Crippen LogP contribution is -2.26. The highest BCUT2D eigenvalue weighted by molar-refractivity contribution is 5.69. The van der Waals surface area contributed by atoms with Crippen molar-refractivity contribution in [3.05, 3.63) is 0 Å². The summed E-state index contributed by atoms with van der Waals surface area (Å²) in [6.45, 7) is 4.88. The van der Waals surface area contributed by atoms with Crippen LogP contribution in [0.3, 0.4) is 0 Å². The zero-order chi connectivity index (χ0) is 8.91. The minimum Gasteiger partial charge on any atom is -0.434 e. The lowest BCUT2D eigenvalue weighted by atomic mass is 10.2. The van der Waals surface area contributed by atoms with E-state index in [-0.39, 0.29) is 5.97 Å². The van der Waals surface area contributed by atoms with Gasteiger partial charge in [0, 0.05) is 20.3 Å². The Bertz CT molecular complexity index is 124. The van der Waals surface area contributed by atoms with Crippen molar-refractivity contribution < 1.29 is 14.6 Å². The van der Waals surface area contributed by atoms with Crippen LogP contribution >= 0.6 is 0 Å². The Morgan fingerprint density at radius 1 is 1.55 bits per heavy atom. The normalized spacial score (nSPS) is 11.3. The summed E-state index contributed by atoms with van der Waals surface area (Å²) >= 11 is 0. The van der Waals surface area contributed by atoms with E-state index in [1.807, 2.05) is 6.92 Å². The van der Waals surface area contributed by atoms with Gasteiger partial charge in [-0.25, -0.2) is 0 Å². The molecule has 0 saturated carbocycles. The molecule has 0 aromatic heterocycles. The summed E-state index contributed by atoms with van der Waals surface area (Å²) in [7, 11) is 0. The standard InChI is InChI=1S/C8H16O3/c1-4-5-6-7(9)11-8(2,3)10/h10H,4-6H2,1-3H3. The van der Waals surface area contributed by atoms with Gasteiger partial charge in [-0.05, 0) is 6.42 Å². The number of hydrogen-bond acceptors (Lipinski definition) is 3. The van der Waals surface area contributed by atoms with Gasteiger partial charge in [0.25, 0.3) is 0 Å². The summed E-state index contributed by atoms with van der Waals surface area (Å²) in [5, 5.41) is 9.04. The first-order chi connectivity index (χ1) is 4.95. The van der Waals surface area contributed by atoms with Gasteiger partial charge in [-0.3, -0.25) is 4.79 Å². The van der Waals surface area contributed by atoms with E-state index in [9.17, 15) is 4.79 Å². The van der Waals surface area contributed by atoms with Crippen LogP contribution in [0.4, 0.5) is 0 Å². The Hall–Kier alpha value is -0.570. The van der Waals surface area contributed by atoms with Crippen LogP contribution in [0, 0.1) is 0 Å². The number of ether oxygens (including phenoxy) is 1. The van der Waals surface area contributed by atoms with Crippen molar-refractivity contribution >= 4 is 5.97 Å². The molecule has 0 bridgehead atoms. The molecule has 0 unspecified atom stereocenters. The first-order valence-corrected chi connectivity index (χ1v) is 3.90. The van der Waals surface area contributed by atoms with Gasteiger partial charge in [0.15, 0.2) is 0 Å². The Morgan fingerprint density at radius 2 is 2.09 bits per heavy atom. The highest BCUT2D eigenvalue weighted by Crippen LogP contribution is 2.06. The molecule has 11 heavy (non-hydrogen) atoms. The third-order valence-corrected chi connectivity index (χ3v) is 1.10. The van der Waals surface area contributed by atoms with E-state index in [1.165, 1.54) is 13.8 Å². The van der Waals surface area contributed by atoms with Crippen LogP contribution < -0.4 is 0 Å². The molecule has 0 spiro atoms. The van der Waals surface area contributed by atoms with Gasteiger partial charge >= 0.3 is 5.97 Å². The molecule has 0 rings (SSSR count). The Labute approximate surface area is 67.4 Å². The maximum absolute atomic E-state index is 10.8. The number of unbranched alkanes of at least 4 members (excludes halogenated alkanes) is 1. The number of carbonyl (C=O) groups excluding carboxylic acids is 1. The van der Waals surface area contributed by atoms with Crippen molar-refractivity contribution in [2.45, 2.75) is 45.8 Å². The Kier molecular flexibility index (Phi) is 4.11. The van der Waals surface area contributed by atoms with Crippen LogP contribution in [-0.2, 0) is 9.53 Å². The molecule has 0 aromatic carbocycles. The van der Waals surface area contributed by atoms with Crippen LogP contribution in [0.15, 0.2) is 0 Å². The van der Waals surface area contributed by atoms with Gasteiger partial charge in [0.2, 0.25) is 5.79 Å². The first kappa shape index (κ1) is 10.4. The van der Waals surface area contributed by atoms with Crippen LogP contribution in [0.1, 0.15) is 40.0 Å². The molecule has 0 atom stereocenters. The molecule has 0 amide bonds. The molecule has 0 radical (unpaired) electrons. The van der Waals surface area contributed by atoms with Crippen molar-refractivity contribution in [2.24, 2.45) is 0 Å². The SMILES string of the molecule is CCCCC(=O)OC(C)(C)O. The molecule has 3 nitrogen and oxygen atoms in total. The molecule has 0 fully saturated rings. The van der Waals surface area contributed by atoms with E-state index in [1.54, 1.807) is 0 Å². The molecular weight excluding hydrogens is 144 g/mol. The number of aliphatic hydroxyl groups is 1. The van der Waals surface area contributed by atoms with E-state index in [0.717, 1.165) is 12.8 Å². The van der Waals surface area contributed by atoms with Gasteiger partial charge < -0.3 is 9.84 Å². The second kappa shape index (κ2) is 4.34. The van der Waals surface area contributed by atoms with Crippen molar-refractivity contribution in [2.75, 3.05) is 0 Å². The summed E-state index contributed by atoms with van der Waals surface area (Å²) < 4.78 is 4.66. The molecule has 0 aliphatic carbocycles. The van der Waals surface area contributed by atoms with Gasteiger partial charge in [-0.15, -0.1) is 0 Å². The van der Waals surface area contributed by atoms with Crippen LogP contribution in [0.25, 0.3) is 0 Å². The van der Waals surface area contributed by atoms with Crippen molar-refractivity contribution in [1.29, 1.82) is 0 Å². The van der Waals surface area contributed by atoms with E-state index in [2.05, 4.69) is 4.74 Å². The summed E-state index contributed by atoms with van der Waals surface area (Å²) in [6.07, 6.45) is 2.16. The highest BCUT2D eigenvalue weighted by Gasteiger charge is 2.17. The number of esters is 1. The van der Waals surface area contributed by atoms with E-state index in [4.69, 9.17) is 5.11 Å². The predicted octanol–water partition coefficient (Wildman–Crippen LogP) is 1.45. The fraction of sp³-hybridized carbons (Fsp3) is 0.875. The zero-order valence-electron chi connectivity index (χ0n) is 7.39. The minimum atomic E-state index is -1.33. The van der Waals surface area contributed by atoms with Crippen LogP contribution in [-0.4, -0.2) is 16.9 Å². The lowest BCUT2D eigenvalue weighted by molar-refractivity contribution is -0.194. The summed E-state index contributed by atoms with van der Waals surface area (Å²) in [4.78, 5) is 10.8. The third-order valence-electron chi connectivity index (χ3n) is 1.10. The zero-order valence-corrected chi connectivity index (χ0v) is 7.39. The van der Waals surface area contributed by atoms with Gasteiger partial charge in [-0.2, -0.15) is 0 Å². The maximum atomic E-state index is 10.8. The van der Waals surface area contributed by atoms with E-state index < -0.39 is 5.79 Å². The average Bonchev–Trinajstić information content (AvgIpc) is 1.79. The predicted molar refractivity (Wildman–Crippen MR) is 41.9 cm³/mol. The van der Waals surface area contributed by atoms with Crippen LogP contribution in [0.5, 0.6) is 0 Å². The Balaban J connectivity index is 3.53. The topological polar surface area (TPSA) is 46.5 Å². The van der Waals surface area contributed by atoms with Crippen molar-refractivity contribution in [1.82, 2.24) is 0 Å². The quantitative estimate of drug-likeness (QED) is 0.500. The molecule has 3 heteroatoms. The molecule has 0 heterocycles. The van der Waals surface area contributed by atoms with Crippen molar-refractivity contribution in [3.63, 3.8) is 0 Å². The molecule has 0 aliphatic rings. The molecule has 66 valence electrons. The highest BCUT2D eigenvalue weighted by atomic mass is 16.7. The summed E-state index contributed by atoms with van der Waals surface area (Å²) in [6, 6.07) is 0. The second-order valence-electron chi connectivity index (χ2n) is 3.02. The van der Waals surface area contributed by atoms with Crippen molar-refractivity contribution in [3.8, 4) is 0 Å². The maximum Gasteiger partial charge on any atom is 0.308 e. The molecule has 0 aromatic rings. The largest absolute Gasteiger partial charge is 0.434 e. The fourth-order valence-corrected chi connectivity index (χ4v) is 0.651. The third kappa shape index (κ3) is 7.33. The lowest BCUT2D eigenvalue weighted by Gasteiger charge is -2.17. The average molecular weight is 160 g/mol. The Morgan fingerprint density at radius 3 is 2.45 bits per heavy atom. The first-order valence-electron chi connectivity index (χ1n) is 3.90. The molecular formula is C8H16O3. The number of carbonyl (C=O) groups is 1. The van der Waals surface area contributed by atoms with Gasteiger partial charge in [-0.1, -0.05) is 13.3 Å².